The Bertz CT molecular complexity index is 196. The molecule has 1 aliphatic carbocycles. The minimum atomic E-state index is -0.258. The van der Waals surface area contributed by atoms with E-state index in [1.54, 1.807) is 0 Å². The summed E-state index contributed by atoms with van der Waals surface area (Å²) in [6.45, 7) is 3.97. The molecule has 1 spiro atoms. The summed E-state index contributed by atoms with van der Waals surface area (Å²) < 4.78 is 11.5. The highest BCUT2D eigenvalue weighted by Gasteiger charge is 2.41. The van der Waals surface area contributed by atoms with Gasteiger partial charge in [0.2, 0.25) is 0 Å². The zero-order valence-electron chi connectivity index (χ0n) is 7.85. The van der Waals surface area contributed by atoms with Crippen LogP contribution in [0.2, 0.25) is 0 Å². The zero-order valence-corrected chi connectivity index (χ0v) is 7.85. The molecule has 0 aromatic carbocycles. The van der Waals surface area contributed by atoms with Gasteiger partial charge in [0.1, 0.15) is 11.5 Å². The Hall–Kier alpha value is -0.660. The van der Waals surface area contributed by atoms with E-state index in [-0.39, 0.29) is 5.79 Å². The number of hydrogen-bond donors (Lipinski definition) is 0. The summed E-state index contributed by atoms with van der Waals surface area (Å²) >= 11 is 0. The van der Waals surface area contributed by atoms with Crippen LogP contribution < -0.4 is 0 Å². The van der Waals surface area contributed by atoms with E-state index in [4.69, 9.17) is 9.47 Å². The fourth-order valence-electron chi connectivity index (χ4n) is 2.02. The van der Waals surface area contributed by atoms with Gasteiger partial charge in [-0.15, -0.1) is 0 Å². The summed E-state index contributed by atoms with van der Waals surface area (Å²) in [6.07, 6.45) is 5.91. The SMILES string of the molecule is CC1=C(C)OC2(CCCCC2)O1. The maximum absolute atomic E-state index is 5.76. The molecule has 1 heterocycles. The molecule has 0 N–H and O–H groups in total. The normalized spacial score (nSPS) is 27.2. The summed E-state index contributed by atoms with van der Waals surface area (Å²) in [5.41, 5.74) is 0. The van der Waals surface area contributed by atoms with Gasteiger partial charge in [0.05, 0.1) is 0 Å². The second kappa shape index (κ2) is 2.68. The second-order valence-corrected chi connectivity index (χ2v) is 3.79. The third-order valence-corrected chi connectivity index (χ3v) is 2.79. The smallest absolute Gasteiger partial charge is 0.250 e. The molecule has 1 aliphatic heterocycles. The van der Waals surface area contributed by atoms with Gasteiger partial charge in [-0.25, -0.2) is 0 Å². The van der Waals surface area contributed by atoms with Crippen LogP contribution in [0.25, 0.3) is 0 Å². The fourth-order valence-corrected chi connectivity index (χ4v) is 2.02. The van der Waals surface area contributed by atoms with E-state index >= 15 is 0 Å². The lowest BCUT2D eigenvalue weighted by Crippen LogP contribution is -2.33. The molecule has 0 bridgehead atoms. The number of allylic oxidation sites excluding steroid dienone is 2. The Morgan fingerprint density at radius 3 is 1.92 bits per heavy atom. The third kappa shape index (κ3) is 1.19. The lowest BCUT2D eigenvalue weighted by Gasteiger charge is -2.32. The van der Waals surface area contributed by atoms with Crippen molar-refractivity contribution in [2.24, 2.45) is 0 Å². The molecule has 2 aliphatic rings. The lowest BCUT2D eigenvalue weighted by molar-refractivity contribution is -0.173. The summed E-state index contributed by atoms with van der Waals surface area (Å²) in [6, 6.07) is 0. The second-order valence-electron chi connectivity index (χ2n) is 3.79. The molecule has 68 valence electrons. The Kier molecular flexibility index (Phi) is 1.78. The van der Waals surface area contributed by atoms with E-state index in [9.17, 15) is 0 Å². The molecule has 2 rings (SSSR count). The molecule has 1 saturated carbocycles. The van der Waals surface area contributed by atoms with Crippen LogP contribution in [-0.4, -0.2) is 5.79 Å². The highest BCUT2D eigenvalue weighted by atomic mass is 16.7. The first kappa shape index (κ1) is 7.96. The van der Waals surface area contributed by atoms with E-state index in [0.29, 0.717) is 0 Å². The van der Waals surface area contributed by atoms with Crippen molar-refractivity contribution in [3.8, 4) is 0 Å². The Labute approximate surface area is 73.5 Å². The van der Waals surface area contributed by atoms with Crippen molar-refractivity contribution < 1.29 is 9.47 Å². The van der Waals surface area contributed by atoms with E-state index in [1.165, 1.54) is 19.3 Å². The van der Waals surface area contributed by atoms with Crippen LogP contribution >= 0.6 is 0 Å². The quantitative estimate of drug-likeness (QED) is 0.553. The van der Waals surface area contributed by atoms with Crippen LogP contribution in [0, 0.1) is 0 Å². The Morgan fingerprint density at radius 1 is 0.917 bits per heavy atom. The van der Waals surface area contributed by atoms with Crippen molar-refractivity contribution in [3.05, 3.63) is 11.5 Å². The van der Waals surface area contributed by atoms with Crippen molar-refractivity contribution in [2.75, 3.05) is 0 Å². The lowest BCUT2D eigenvalue weighted by atomic mass is 9.94. The molecule has 1 fully saturated rings. The Balaban J connectivity index is 2.07. The highest BCUT2D eigenvalue weighted by molar-refractivity contribution is 5.04. The van der Waals surface area contributed by atoms with Crippen molar-refractivity contribution in [2.45, 2.75) is 51.7 Å². The van der Waals surface area contributed by atoms with Gasteiger partial charge in [0.25, 0.3) is 5.79 Å². The van der Waals surface area contributed by atoms with Crippen LogP contribution in [0.3, 0.4) is 0 Å². The molecule has 12 heavy (non-hydrogen) atoms. The highest BCUT2D eigenvalue weighted by Crippen LogP contribution is 2.41. The van der Waals surface area contributed by atoms with Gasteiger partial charge in [-0.2, -0.15) is 0 Å². The first-order chi connectivity index (χ1) is 5.72. The van der Waals surface area contributed by atoms with Crippen LogP contribution in [-0.2, 0) is 9.47 Å². The minimum Gasteiger partial charge on any atom is -0.454 e. The van der Waals surface area contributed by atoms with Gasteiger partial charge in [0, 0.05) is 12.8 Å². The van der Waals surface area contributed by atoms with Gasteiger partial charge in [-0.05, 0) is 26.7 Å². The molecule has 0 saturated heterocycles. The molecule has 0 amide bonds. The van der Waals surface area contributed by atoms with Crippen LogP contribution in [0.15, 0.2) is 11.5 Å². The molecule has 0 aromatic heterocycles. The largest absolute Gasteiger partial charge is 0.454 e. The molecular formula is C10H16O2. The van der Waals surface area contributed by atoms with Gasteiger partial charge in [0.15, 0.2) is 0 Å². The van der Waals surface area contributed by atoms with Crippen molar-refractivity contribution in [3.63, 3.8) is 0 Å². The topological polar surface area (TPSA) is 18.5 Å². The summed E-state index contributed by atoms with van der Waals surface area (Å²) in [5, 5.41) is 0. The first-order valence-corrected chi connectivity index (χ1v) is 4.77. The van der Waals surface area contributed by atoms with Crippen LogP contribution in [0.5, 0.6) is 0 Å². The van der Waals surface area contributed by atoms with Crippen molar-refractivity contribution >= 4 is 0 Å². The van der Waals surface area contributed by atoms with Crippen molar-refractivity contribution in [1.29, 1.82) is 0 Å². The summed E-state index contributed by atoms with van der Waals surface area (Å²) in [4.78, 5) is 0. The standard InChI is InChI=1S/C10H16O2/c1-8-9(2)12-10(11-8)6-4-3-5-7-10/h3-7H2,1-2H3. The van der Waals surface area contributed by atoms with E-state index in [1.807, 2.05) is 13.8 Å². The molecule has 0 atom stereocenters. The van der Waals surface area contributed by atoms with E-state index in [2.05, 4.69) is 0 Å². The average molecular weight is 168 g/mol. The molecule has 0 aromatic rings. The number of rotatable bonds is 0. The molecular weight excluding hydrogens is 152 g/mol. The van der Waals surface area contributed by atoms with Gasteiger partial charge < -0.3 is 9.47 Å². The van der Waals surface area contributed by atoms with Crippen LogP contribution in [0.1, 0.15) is 46.0 Å². The van der Waals surface area contributed by atoms with Gasteiger partial charge in [-0.3, -0.25) is 0 Å². The Morgan fingerprint density at radius 2 is 1.42 bits per heavy atom. The van der Waals surface area contributed by atoms with E-state index in [0.717, 1.165) is 24.4 Å². The number of hydrogen-bond acceptors (Lipinski definition) is 2. The summed E-state index contributed by atoms with van der Waals surface area (Å²) in [7, 11) is 0. The maximum atomic E-state index is 5.76. The van der Waals surface area contributed by atoms with Crippen molar-refractivity contribution in [1.82, 2.24) is 0 Å². The summed E-state index contributed by atoms with van der Waals surface area (Å²) in [5.74, 6) is 1.68. The number of ether oxygens (including phenoxy) is 2. The van der Waals surface area contributed by atoms with Crippen LogP contribution in [0.4, 0.5) is 0 Å². The predicted octanol–water partition coefficient (Wildman–Crippen LogP) is 2.95. The molecule has 0 radical (unpaired) electrons. The maximum Gasteiger partial charge on any atom is 0.250 e. The zero-order chi connectivity index (χ0) is 8.60. The predicted molar refractivity (Wildman–Crippen MR) is 46.4 cm³/mol. The molecule has 2 heteroatoms. The average Bonchev–Trinajstić information content (AvgIpc) is 2.29. The first-order valence-electron chi connectivity index (χ1n) is 4.77. The van der Waals surface area contributed by atoms with Gasteiger partial charge in [-0.1, -0.05) is 6.42 Å². The molecule has 2 nitrogen and oxygen atoms in total. The third-order valence-electron chi connectivity index (χ3n) is 2.79. The fraction of sp³-hybridized carbons (Fsp3) is 0.800. The monoisotopic (exact) mass is 168 g/mol. The molecule has 0 unspecified atom stereocenters. The minimum absolute atomic E-state index is 0.258. The van der Waals surface area contributed by atoms with E-state index < -0.39 is 0 Å². The van der Waals surface area contributed by atoms with Gasteiger partial charge >= 0.3 is 0 Å².